The number of carboxylic acids is 1. The van der Waals surface area contributed by atoms with Crippen LogP contribution in [0, 0.1) is 5.41 Å². The molecule has 3 aromatic rings. The number of anilines is 2. The van der Waals surface area contributed by atoms with Crippen LogP contribution in [0.15, 0.2) is 67.0 Å². The molecular weight excluding hydrogens is 526 g/mol. The van der Waals surface area contributed by atoms with Gasteiger partial charge in [0.2, 0.25) is 5.91 Å². The molecule has 2 amide bonds. The van der Waals surface area contributed by atoms with Gasteiger partial charge in [-0.15, -0.1) is 0 Å². The lowest BCUT2D eigenvalue weighted by atomic mass is 9.85. The molecule has 0 unspecified atom stereocenters. The van der Waals surface area contributed by atoms with Crippen molar-refractivity contribution in [2.24, 2.45) is 5.41 Å². The van der Waals surface area contributed by atoms with Crippen molar-refractivity contribution in [2.75, 3.05) is 16.3 Å². The van der Waals surface area contributed by atoms with Crippen LogP contribution in [0.3, 0.4) is 0 Å². The van der Waals surface area contributed by atoms with Crippen LogP contribution in [0.25, 0.3) is 0 Å². The fraction of sp³-hybridized carbons (Fsp3) is 0.375. The summed E-state index contributed by atoms with van der Waals surface area (Å²) in [5.41, 5.74) is 3.07. The smallest absolute Gasteiger partial charge is 0.309 e. The van der Waals surface area contributed by atoms with E-state index < -0.39 is 17.3 Å². The molecule has 4 rings (SSSR count). The Morgan fingerprint density at radius 2 is 1.75 bits per heavy atom. The lowest BCUT2D eigenvalue weighted by Gasteiger charge is -2.40. The van der Waals surface area contributed by atoms with Crippen LogP contribution < -0.4 is 9.80 Å². The molecule has 1 aromatic heterocycles. The van der Waals surface area contributed by atoms with Gasteiger partial charge in [-0.3, -0.25) is 19.4 Å². The summed E-state index contributed by atoms with van der Waals surface area (Å²) < 4.78 is 0. The number of carbonyl (C=O) groups is 3. The van der Waals surface area contributed by atoms with Crippen molar-refractivity contribution >= 4 is 40.8 Å². The van der Waals surface area contributed by atoms with Gasteiger partial charge in [-0.25, -0.2) is 0 Å². The molecule has 7 nitrogen and oxygen atoms in total. The maximum Gasteiger partial charge on any atom is 0.309 e. The van der Waals surface area contributed by atoms with Crippen LogP contribution in [0.1, 0.15) is 74.4 Å². The summed E-state index contributed by atoms with van der Waals surface area (Å²) in [4.78, 5) is 46.7. The molecule has 8 heteroatoms. The lowest BCUT2D eigenvalue weighted by Crippen LogP contribution is -2.47. The molecule has 1 aliphatic heterocycles. The zero-order valence-electron chi connectivity index (χ0n) is 23.4. The van der Waals surface area contributed by atoms with Crippen molar-refractivity contribution in [2.45, 2.75) is 65.3 Å². The number of carboxylic acid groups (broad SMARTS) is 1. The Labute approximate surface area is 240 Å². The minimum atomic E-state index is -0.796. The average Bonchev–Trinajstić information content (AvgIpc) is 2.94. The highest BCUT2D eigenvalue weighted by Gasteiger charge is 2.39. The molecule has 2 aromatic carbocycles. The Morgan fingerprint density at radius 3 is 2.38 bits per heavy atom. The van der Waals surface area contributed by atoms with Crippen LogP contribution >= 0.6 is 11.6 Å². The Kier molecular flexibility index (Phi) is 8.94. The largest absolute Gasteiger partial charge is 0.481 e. The monoisotopic (exact) mass is 561 g/mol. The van der Waals surface area contributed by atoms with Crippen molar-refractivity contribution in [1.29, 1.82) is 0 Å². The Bertz CT molecular complexity index is 1370. The second-order valence-corrected chi connectivity index (χ2v) is 11.5. The molecule has 210 valence electrons. The number of fused-ring (bicyclic) bond motifs is 1. The first-order valence-electron chi connectivity index (χ1n) is 13.7. The first kappa shape index (κ1) is 29.3. The summed E-state index contributed by atoms with van der Waals surface area (Å²) in [6, 6.07) is 16.3. The van der Waals surface area contributed by atoms with Crippen molar-refractivity contribution < 1.29 is 19.5 Å². The highest BCUT2D eigenvalue weighted by Crippen LogP contribution is 2.40. The number of carbonyl (C=O) groups excluding carboxylic acids is 2. The topological polar surface area (TPSA) is 90.8 Å². The van der Waals surface area contributed by atoms with Gasteiger partial charge in [0.05, 0.1) is 23.2 Å². The van der Waals surface area contributed by atoms with E-state index in [1.807, 2.05) is 56.3 Å². The molecular formula is C32H36ClN3O4. The number of rotatable bonds is 9. The van der Waals surface area contributed by atoms with Crippen molar-refractivity contribution in [3.8, 4) is 0 Å². The van der Waals surface area contributed by atoms with Gasteiger partial charge in [0.25, 0.3) is 5.91 Å². The molecule has 2 atom stereocenters. The number of hydrogen-bond donors (Lipinski definition) is 1. The van der Waals surface area contributed by atoms with Gasteiger partial charge in [0.15, 0.2) is 0 Å². The van der Waals surface area contributed by atoms with E-state index in [-0.39, 0.29) is 17.9 Å². The van der Waals surface area contributed by atoms with Gasteiger partial charge in [0.1, 0.15) is 0 Å². The van der Waals surface area contributed by atoms with E-state index >= 15 is 0 Å². The fourth-order valence-electron chi connectivity index (χ4n) is 5.32. The van der Waals surface area contributed by atoms with Gasteiger partial charge in [0, 0.05) is 35.1 Å². The molecule has 40 heavy (non-hydrogen) atoms. The van der Waals surface area contributed by atoms with Gasteiger partial charge in [-0.05, 0) is 107 Å². The maximum atomic E-state index is 13.8. The molecule has 1 N–H and O–H groups in total. The summed E-state index contributed by atoms with van der Waals surface area (Å²) in [5, 5.41) is 9.94. The SMILES string of the molecule is CCN(C(=O)[C@H]1C[C@H](C)N(C(=O)c2ccc(CCCC(C)(C)C(=O)O)cc2)c2cnccc21)c1ccc(Cl)cc1. The van der Waals surface area contributed by atoms with E-state index in [1.54, 1.807) is 48.2 Å². The highest BCUT2D eigenvalue weighted by molar-refractivity contribution is 6.30. The third-order valence-electron chi connectivity index (χ3n) is 7.77. The van der Waals surface area contributed by atoms with Crippen molar-refractivity contribution in [3.63, 3.8) is 0 Å². The summed E-state index contributed by atoms with van der Waals surface area (Å²) in [5.74, 6) is -1.37. The molecule has 2 heterocycles. The van der Waals surface area contributed by atoms with Crippen LogP contribution in [-0.2, 0) is 16.0 Å². The van der Waals surface area contributed by atoms with Gasteiger partial charge < -0.3 is 14.9 Å². The van der Waals surface area contributed by atoms with Crippen LogP contribution in [0.4, 0.5) is 11.4 Å². The third-order valence-corrected chi connectivity index (χ3v) is 8.02. The van der Waals surface area contributed by atoms with Crippen LogP contribution in [-0.4, -0.2) is 40.5 Å². The number of hydrogen-bond acceptors (Lipinski definition) is 4. The number of benzene rings is 2. The number of aromatic nitrogens is 1. The Balaban J connectivity index is 1.53. The van der Waals surface area contributed by atoms with Gasteiger partial charge in [-0.2, -0.15) is 0 Å². The predicted molar refractivity (Wildman–Crippen MR) is 158 cm³/mol. The number of aliphatic carboxylic acids is 1. The molecule has 0 aliphatic carbocycles. The minimum Gasteiger partial charge on any atom is -0.481 e. The number of nitrogens with zero attached hydrogens (tertiary/aromatic N) is 3. The molecule has 0 bridgehead atoms. The zero-order valence-corrected chi connectivity index (χ0v) is 24.2. The minimum absolute atomic E-state index is 0.0216. The van der Waals surface area contributed by atoms with Crippen LogP contribution in [0.2, 0.25) is 5.02 Å². The predicted octanol–water partition coefficient (Wildman–Crippen LogP) is 6.74. The van der Waals surface area contributed by atoms with Crippen molar-refractivity contribution in [1.82, 2.24) is 4.98 Å². The molecule has 0 fully saturated rings. The van der Waals surface area contributed by atoms with E-state index in [1.165, 1.54) is 0 Å². The normalized spacial score (nSPS) is 16.8. The quantitative estimate of drug-likeness (QED) is 0.312. The molecule has 0 radical (unpaired) electrons. The van der Waals surface area contributed by atoms with Gasteiger partial charge in [-0.1, -0.05) is 23.7 Å². The van der Waals surface area contributed by atoms with E-state index in [0.717, 1.165) is 29.7 Å². The zero-order chi connectivity index (χ0) is 29.0. The summed E-state index contributed by atoms with van der Waals surface area (Å²) in [7, 11) is 0. The number of aryl methyl sites for hydroxylation is 1. The van der Waals surface area contributed by atoms with E-state index in [4.69, 9.17) is 11.6 Å². The Hall–Kier alpha value is -3.71. The first-order valence-corrected chi connectivity index (χ1v) is 14.1. The van der Waals surface area contributed by atoms with E-state index in [0.29, 0.717) is 35.7 Å². The van der Waals surface area contributed by atoms with Crippen LogP contribution in [0.5, 0.6) is 0 Å². The molecule has 0 saturated carbocycles. The molecule has 0 saturated heterocycles. The average molecular weight is 562 g/mol. The molecule has 1 aliphatic rings. The second-order valence-electron chi connectivity index (χ2n) is 11.0. The maximum absolute atomic E-state index is 13.8. The fourth-order valence-corrected chi connectivity index (χ4v) is 5.44. The molecule has 0 spiro atoms. The number of halogens is 1. The number of amides is 2. The Morgan fingerprint density at radius 1 is 1.07 bits per heavy atom. The lowest BCUT2D eigenvalue weighted by molar-refractivity contribution is -0.147. The van der Waals surface area contributed by atoms with Gasteiger partial charge >= 0.3 is 5.97 Å². The van der Waals surface area contributed by atoms with E-state index in [2.05, 4.69) is 4.98 Å². The number of likely N-dealkylation sites (N-methyl/N-ethyl adjacent to an activating group) is 1. The summed E-state index contributed by atoms with van der Waals surface area (Å²) in [6.45, 7) is 7.89. The van der Waals surface area contributed by atoms with E-state index in [9.17, 15) is 19.5 Å². The highest BCUT2D eigenvalue weighted by atomic mass is 35.5. The summed E-state index contributed by atoms with van der Waals surface area (Å²) >= 11 is 6.06. The van der Waals surface area contributed by atoms with Crippen molar-refractivity contribution in [3.05, 3.63) is 88.7 Å². The first-order chi connectivity index (χ1) is 19.0. The standard InChI is InChI=1S/C32H36ClN3O4/c1-5-35(25-14-12-24(33)13-15-25)30(38)27-19-21(2)36(28-20-34-18-16-26(27)28)29(37)23-10-8-22(9-11-23)7-6-17-32(3,4)31(39)40/h8-16,18,20-21,27H,5-7,17,19H2,1-4H3,(H,39,40)/t21-,27-/m0/s1. The third kappa shape index (κ3) is 6.20. The summed E-state index contributed by atoms with van der Waals surface area (Å²) in [6.07, 6.45) is 5.88. The number of pyridine rings is 1. The second kappa shape index (κ2) is 12.2.